The van der Waals surface area contributed by atoms with Crippen LogP contribution in [0.15, 0.2) is 15.9 Å². The minimum absolute atomic E-state index is 0.480. The van der Waals surface area contributed by atoms with Crippen molar-refractivity contribution >= 4 is 27.3 Å². The number of halogens is 1. The number of ether oxygens (including phenoxy) is 1. The summed E-state index contributed by atoms with van der Waals surface area (Å²) in [5, 5.41) is 2.11. The van der Waals surface area contributed by atoms with Gasteiger partial charge in [-0.2, -0.15) is 0 Å². The molecule has 1 aromatic heterocycles. The van der Waals surface area contributed by atoms with Crippen molar-refractivity contribution in [2.75, 3.05) is 0 Å². The molecule has 0 spiro atoms. The lowest BCUT2D eigenvalue weighted by atomic mass is 9.76. The van der Waals surface area contributed by atoms with Crippen molar-refractivity contribution < 1.29 is 4.74 Å². The Labute approximate surface area is 110 Å². The molecule has 0 N–H and O–H groups in total. The smallest absolute Gasteiger partial charge is 0.0813 e. The molecule has 0 aliphatic heterocycles. The molecule has 1 heterocycles. The van der Waals surface area contributed by atoms with Gasteiger partial charge in [-0.25, -0.2) is 0 Å². The Balaban J connectivity index is 1.75. The van der Waals surface area contributed by atoms with Gasteiger partial charge in [-0.1, -0.05) is 13.8 Å². The van der Waals surface area contributed by atoms with Crippen LogP contribution in [-0.2, 0) is 11.3 Å². The van der Waals surface area contributed by atoms with E-state index in [0.29, 0.717) is 11.5 Å². The Morgan fingerprint density at radius 1 is 1.44 bits per heavy atom. The number of hydrogen-bond acceptors (Lipinski definition) is 2. The summed E-state index contributed by atoms with van der Waals surface area (Å²) in [5.74, 6) is 0. The van der Waals surface area contributed by atoms with Crippen molar-refractivity contribution in [3.63, 3.8) is 0 Å². The van der Waals surface area contributed by atoms with E-state index < -0.39 is 0 Å². The molecular formula is C13H19BrOS. The van der Waals surface area contributed by atoms with Crippen LogP contribution in [0.2, 0.25) is 0 Å². The Bertz CT molecular complexity index is 335. The van der Waals surface area contributed by atoms with Crippen molar-refractivity contribution in [2.24, 2.45) is 5.41 Å². The molecule has 2 rings (SSSR count). The van der Waals surface area contributed by atoms with Gasteiger partial charge in [-0.05, 0) is 53.1 Å². The lowest BCUT2D eigenvalue weighted by Crippen LogP contribution is -2.26. The Morgan fingerprint density at radius 3 is 2.69 bits per heavy atom. The molecule has 1 fully saturated rings. The summed E-state index contributed by atoms with van der Waals surface area (Å²) in [6.45, 7) is 5.50. The molecule has 1 nitrogen and oxygen atoms in total. The first-order chi connectivity index (χ1) is 7.55. The van der Waals surface area contributed by atoms with Crippen molar-refractivity contribution in [1.29, 1.82) is 0 Å². The first-order valence-corrected chi connectivity index (χ1v) is 7.57. The second-order valence-corrected chi connectivity index (χ2v) is 7.32. The Hall–Kier alpha value is 0.140. The average molecular weight is 303 g/mol. The fourth-order valence-electron chi connectivity index (χ4n) is 2.17. The SMILES string of the molecule is CC1(C)CCC(OCc2cc(Br)cs2)CC1. The van der Waals surface area contributed by atoms with E-state index in [2.05, 4.69) is 41.2 Å². The van der Waals surface area contributed by atoms with Crippen LogP contribution in [0, 0.1) is 5.41 Å². The highest BCUT2D eigenvalue weighted by molar-refractivity contribution is 9.10. The molecule has 0 aromatic carbocycles. The quantitative estimate of drug-likeness (QED) is 0.764. The highest BCUT2D eigenvalue weighted by atomic mass is 79.9. The number of rotatable bonds is 3. The zero-order chi connectivity index (χ0) is 11.6. The minimum Gasteiger partial charge on any atom is -0.373 e. The molecule has 1 aliphatic carbocycles. The van der Waals surface area contributed by atoms with Gasteiger partial charge in [0.25, 0.3) is 0 Å². The predicted molar refractivity (Wildman–Crippen MR) is 72.8 cm³/mol. The van der Waals surface area contributed by atoms with Gasteiger partial charge in [0.05, 0.1) is 12.7 Å². The van der Waals surface area contributed by atoms with E-state index in [4.69, 9.17) is 4.74 Å². The van der Waals surface area contributed by atoms with Crippen LogP contribution in [0.4, 0.5) is 0 Å². The molecule has 1 saturated carbocycles. The van der Waals surface area contributed by atoms with Crippen LogP contribution in [0.5, 0.6) is 0 Å². The van der Waals surface area contributed by atoms with Crippen LogP contribution in [0.3, 0.4) is 0 Å². The maximum absolute atomic E-state index is 5.97. The third-order valence-electron chi connectivity index (χ3n) is 3.37. The minimum atomic E-state index is 0.480. The fraction of sp³-hybridized carbons (Fsp3) is 0.692. The van der Waals surface area contributed by atoms with Gasteiger partial charge in [-0.15, -0.1) is 11.3 Å². The molecule has 16 heavy (non-hydrogen) atoms. The third-order valence-corrected chi connectivity index (χ3v) is 5.04. The highest BCUT2D eigenvalue weighted by Gasteiger charge is 2.27. The number of hydrogen-bond donors (Lipinski definition) is 0. The molecular weight excluding hydrogens is 284 g/mol. The summed E-state index contributed by atoms with van der Waals surface area (Å²) in [6, 6.07) is 2.15. The van der Waals surface area contributed by atoms with Crippen LogP contribution in [0.1, 0.15) is 44.4 Å². The molecule has 1 aliphatic rings. The molecule has 3 heteroatoms. The molecule has 90 valence electrons. The van der Waals surface area contributed by atoms with Gasteiger partial charge in [0.1, 0.15) is 0 Å². The van der Waals surface area contributed by atoms with Gasteiger partial charge in [0.2, 0.25) is 0 Å². The van der Waals surface area contributed by atoms with E-state index in [0.717, 1.165) is 6.61 Å². The second-order valence-electron chi connectivity index (χ2n) is 5.41. The summed E-state index contributed by atoms with van der Waals surface area (Å²) in [5.41, 5.74) is 0.534. The summed E-state index contributed by atoms with van der Waals surface area (Å²) >= 11 is 5.23. The summed E-state index contributed by atoms with van der Waals surface area (Å²) < 4.78 is 7.13. The number of thiophene rings is 1. The largest absolute Gasteiger partial charge is 0.373 e. The molecule has 0 amide bonds. The van der Waals surface area contributed by atoms with Gasteiger partial charge < -0.3 is 4.74 Å². The van der Waals surface area contributed by atoms with Crippen molar-refractivity contribution in [3.05, 3.63) is 20.8 Å². The van der Waals surface area contributed by atoms with Gasteiger partial charge >= 0.3 is 0 Å². The molecule has 0 unspecified atom stereocenters. The van der Waals surface area contributed by atoms with Gasteiger partial charge in [-0.3, -0.25) is 0 Å². The van der Waals surface area contributed by atoms with Crippen LogP contribution in [-0.4, -0.2) is 6.10 Å². The lowest BCUT2D eigenvalue weighted by molar-refractivity contribution is -0.00449. The predicted octanol–water partition coefficient (Wildman–Crippen LogP) is 5.00. The first kappa shape index (κ1) is 12.6. The molecule has 0 saturated heterocycles. The maximum atomic E-state index is 5.97. The van der Waals surface area contributed by atoms with E-state index in [1.165, 1.54) is 35.0 Å². The second kappa shape index (κ2) is 5.19. The topological polar surface area (TPSA) is 9.23 Å². The molecule has 0 bridgehead atoms. The normalized spacial score (nSPS) is 21.2. The van der Waals surface area contributed by atoms with Crippen LogP contribution < -0.4 is 0 Å². The van der Waals surface area contributed by atoms with E-state index in [1.807, 2.05) is 0 Å². The molecule has 0 radical (unpaired) electrons. The highest BCUT2D eigenvalue weighted by Crippen LogP contribution is 2.36. The summed E-state index contributed by atoms with van der Waals surface area (Å²) in [4.78, 5) is 1.32. The van der Waals surface area contributed by atoms with E-state index in [1.54, 1.807) is 11.3 Å². The van der Waals surface area contributed by atoms with Gasteiger partial charge in [0.15, 0.2) is 0 Å². The summed E-state index contributed by atoms with van der Waals surface area (Å²) in [6.07, 6.45) is 5.52. The van der Waals surface area contributed by atoms with Crippen LogP contribution in [0.25, 0.3) is 0 Å². The van der Waals surface area contributed by atoms with Gasteiger partial charge in [0, 0.05) is 14.7 Å². The van der Waals surface area contributed by atoms with Crippen LogP contribution >= 0.6 is 27.3 Å². The monoisotopic (exact) mass is 302 g/mol. The fourth-order valence-corrected chi connectivity index (χ4v) is 3.54. The maximum Gasteiger partial charge on any atom is 0.0813 e. The third kappa shape index (κ3) is 3.57. The van der Waals surface area contributed by atoms with Crippen molar-refractivity contribution in [3.8, 4) is 0 Å². The van der Waals surface area contributed by atoms with E-state index in [-0.39, 0.29) is 0 Å². The average Bonchev–Trinajstić information content (AvgIpc) is 2.63. The summed E-state index contributed by atoms with van der Waals surface area (Å²) in [7, 11) is 0. The molecule has 1 aromatic rings. The van der Waals surface area contributed by atoms with E-state index >= 15 is 0 Å². The first-order valence-electron chi connectivity index (χ1n) is 5.90. The Morgan fingerprint density at radius 2 is 2.12 bits per heavy atom. The zero-order valence-corrected chi connectivity index (χ0v) is 12.4. The van der Waals surface area contributed by atoms with Crippen molar-refractivity contribution in [1.82, 2.24) is 0 Å². The van der Waals surface area contributed by atoms with E-state index in [9.17, 15) is 0 Å². The lowest BCUT2D eigenvalue weighted by Gasteiger charge is -2.34. The zero-order valence-electron chi connectivity index (χ0n) is 9.96. The Kier molecular flexibility index (Phi) is 4.09. The van der Waals surface area contributed by atoms with Crippen molar-refractivity contribution in [2.45, 2.75) is 52.2 Å². The molecule has 0 atom stereocenters. The standard InChI is InChI=1S/C13H19BrOS/c1-13(2)5-3-11(4-6-13)15-8-12-7-10(14)9-16-12/h7,9,11H,3-6,8H2,1-2H3.